The molecule has 0 aliphatic carbocycles. The molecule has 0 atom stereocenters. The number of hydrogen-bond donors (Lipinski definition) is 1. The molecule has 2 rings (SSSR count). The van der Waals surface area contributed by atoms with Gasteiger partial charge >= 0.3 is 0 Å². The van der Waals surface area contributed by atoms with Gasteiger partial charge in [0.2, 0.25) is 0 Å². The molecule has 0 saturated heterocycles. The normalized spacial score (nSPS) is 10.9. The van der Waals surface area contributed by atoms with Gasteiger partial charge in [0.05, 0.1) is 12.1 Å². The second-order valence-corrected chi connectivity index (χ2v) is 4.65. The monoisotopic (exact) mass is 315 g/mol. The number of halogens is 3. The maximum atomic E-state index is 13.7. The average molecular weight is 316 g/mol. The van der Waals surface area contributed by atoms with Crippen molar-refractivity contribution in [2.24, 2.45) is 0 Å². The summed E-state index contributed by atoms with van der Waals surface area (Å²) in [6.07, 6.45) is 0. The average Bonchev–Trinajstić information content (AvgIpc) is 2.73. The van der Waals surface area contributed by atoms with Gasteiger partial charge in [-0.05, 0) is 40.7 Å². The highest BCUT2D eigenvalue weighted by molar-refractivity contribution is 9.10. The molecule has 2 nitrogen and oxygen atoms in total. The molecule has 1 N–H and O–H groups in total. The predicted molar refractivity (Wildman–Crippen MR) is 69.1 cm³/mol. The Balaban J connectivity index is 2.34. The van der Waals surface area contributed by atoms with Gasteiger partial charge in [-0.3, -0.25) is 0 Å². The van der Waals surface area contributed by atoms with E-state index in [-0.39, 0.29) is 5.56 Å². The van der Waals surface area contributed by atoms with Gasteiger partial charge in [-0.25, -0.2) is 8.78 Å². The predicted octanol–water partition coefficient (Wildman–Crippen LogP) is 4.10. The van der Waals surface area contributed by atoms with E-state index in [0.29, 0.717) is 22.5 Å². The van der Waals surface area contributed by atoms with Crippen LogP contribution in [-0.2, 0) is 6.54 Å². The molecule has 0 spiro atoms. The summed E-state index contributed by atoms with van der Waals surface area (Å²) in [6, 6.07) is 5.50. The molecule has 0 radical (unpaired) electrons. The molecule has 96 valence electrons. The van der Waals surface area contributed by atoms with Gasteiger partial charge in [-0.2, -0.15) is 0 Å². The van der Waals surface area contributed by atoms with Crippen LogP contribution in [-0.4, -0.2) is 6.54 Å². The van der Waals surface area contributed by atoms with Gasteiger partial charge in [0.15, 0.2) is 0 Å². The van der Waals surface area contributed by atoms with Gasteiger partial charge < -0.3 is 9.73 Å². The van der Waals surface area contributed by atoms with Crippen LogP contribution in [0.1, 0.15) is 12.7 Å². The molecule has 0 fully saturated rings. The number of nitrogens with one attached hydrogen (secondary N) is 1. The first kappa shape index (κ1) is 13.2. The fourth-order valence-electron chi connectivity index (χ4n) is 1.63. The number of furan rings is 1. The fraction of sp³-hybridized carbons (Fsp3) is 0.231. The molecule has 1 heterocycles. The molecule has 0 aliphatic heterocycles. The van der Waals surface area contributed by atoms with Crippen molar-refractivity contribution < 1.29 is 13.2 Å². The van der Waals surface area contributed by atoms with Crippen molar-refractivity contribution in [3.05, 3.63) is 46.1 Å². The third-order valence-corrected chi connectivity index (χ3v) is 3.09. The van der Waals surface area contributed by atoms with E-state index in [4.69, 9.17) is 4.42 Å². The quantitative estimate of drug-likeness (QED) is 0.919. The summed E-state index contributed by atoms with van der Waals surface area (Å²) in [5.74, 6) is -0.177. The van der Waals surface area contributed by atoms with Gasteiger partial charge in [-0.15, -0.1) is 0 Å². The Morgan fingerprint density at radius 2 is 2.06 bits per heavy atom. The van der Waals surface area contributed by atoms with Crippen LogP contribution in [0.15, 0.2) is 33.2 Å². The van der Waals surface area contributed by atoms with Crippen molar-refractivity contribution in [2.75, 3.05) is 6.54 Å². The van der Waals surface area contributed by atoms with Crippen LogP contribution < -0.4 is 5.32 Å². The highest BCUT2D eigenvalue weighted by atomic mass is 79.9. The minimum atomic E-state index is -0.647. The van der Waals surface area contributed by atoms with Gasteiger partial charge in [0, 0.05) is 10.5 Å². The molecule has 5 heteroatoms. The summed E-state index contributed by atoms with van der Waals surface area (Å²) in [5, 5.41) is 3.11. The topological polar surface area (TPSA) is 25.2 Å². The Morgan fingerprint density at radius 3 is 2.72 bits per heavy atom. The van der Waals surface area contributed by atoms with E-state index in [0.717, 1.165) is 12.6 Å². The highest BCUT2D eigenvalue weighted by Gasteiger charge is 2.15. The number of rotatable bonds is 4. The first-order chi connectivity index (χ1) is 8.61. The van der Waals surface area contributed by atoms with Crippen LogP contribution in [0.4, 0.5) is 8.78 Å². The zero-order chi connectivity index (χ0) is 13.1. The molecular weight excluding hydrogens is 304 g/mol. The first-order valence-corrected chi connectivity index (χ1v) is 6.35. The fourth-order valence-corrected chi connectivity index (χ4v) is 2.24. The molecule has 0 aliphatic rings. The summed E-state index contributed by atoms with van der Waals surface area (Å²) < 4.78 is 32.6. The summed E-state index contributed by atoms with van der Waals surface area (Å²) in [7, 11) is 0. The Kier molecular flexibility index (Phi) is 4.14. The third kappa shape index (κ3) is 2.79. The van der Waals surface area contributed by atoms with Crippen molar-refractivity contribution in [3.8, 4) is 11.3 Å². The Morgan fingerprint density at radius 1 is 1.28 bits per heavy atom. The minimum Gasteiger partial charge on any atom is -0.460 e. The third-order valence-electron chi connectivity index (χ3n) is 2.46. The highest BCUT2D eigenvalue weighted by Crippen LogP contribution is 2.32. The van der Waals surface area contributed by atoms with Crippen LogP contribution >= 0.6 is 15.9 Å². The lowest BCUT2D eigenvalue weighted by Crippen LogP contribution is -2.10. The van der Waals surface area contributed by atoms with Crippen LogP contribution in [0, 0.1) is 11.6 Å². The van der Waals surface area contributed by atoms with Crippen molar-refractivity contribution in [3.63, 3.8) is 0 Å². The zero-order valence-electron chi connectivity index (χ0n) is 9.77. The van der Waals surface area contributed by atoms with Crippen molar-refractivity contribution in [2.45, 2.75) is 13.5 Å². The summed E-state index contributed by atoms with van der Waals surface area (Å²) in [4.78, 5) is 0. The lowest BCUT2D eigenvalue weighted by Gasteiger charge is -2.03. The molecule has 0 saturated carbocycles. The van der Waals surface area contributed by atoms with Gasteiger partial charge in [0.25, 0.3) is 0 Å². The molecule has 1 aromatic carbocycles. The standard InChI is InChI=1S/C13H12BrF2NO/c1-2-17-7-9-3-4-12(18-9)13-10(14)5-8(15)6-11(13)16/h3-6,17H,2,7H2,1H3. The van der Waals surface area contributed by atoms with E-state index >= 15 is 0 Å². The second kappa shape index (κ2) is 5.63. The molecule has 0 bridgehead atoms. The van der Waals surface area contributed by atoms with Crippen LogP contribution in [0.25, 0.3) is 11.3 Å². The van der Waals surface area contributed by atoms with E-state index in [1.54, 1.807) is 12.1 Å². The van der Waals surface area contributed by atoms with E-state index in [1.165, 1.54) is 6.07 Å². The Labute approximate surface area is 112 Å². The molecular formula is C13H12BrF2NO. The Bertz CT molecular complexity index is 531. The zero-order valence-corrected chi connectivity index (χ0v) is 11.4. The minimum absolute atomic E-state index is 0.235. The SMILES string of the molecule is CCNCc1ccc(-c2c(F)cc(F)cc2Br)o1. The molecule has 2 aromatic rings. The number of hydrogen-bond acceptors (Lipinski definition) is 2. The van der Waals surface area contributed by atoms with Crippen molar-refractivity contribution in [1.29, 1.82) is 0 Å². The van der Waals surface area contributed by atoms with Crippen LogP contribution in [0.2, 0.25) is 0 Å². The van der Waals surface area contributed by atoms with Crippen LogP contribution in [0.5, 0.6) is 0 Å². The lowest BCUT2D eigenvalue weighted by atomic mass is 10.1. The van der Waals surface area contributed by atoms with E-state index in [1.807, 2.05) is 6.92 Å². The molecule has 0 amide bonds. The maximum Gasteiger partial charge on any atom is 0.138 e. The lowest BCUT2D eigenvalue weighted by molar-refractivity contribution is 0.494. The number of benzene rings is 1. The van der Waals surface area contributed by atoms with E-state index in [9.17, 15) is 8.78 Å². The first-order valence-electron chi connectivity index (χ1n) is 5.56. The van der Waals surface area contributed by atoms with Gasteiger partial charge in [0.1, 0.15) is 23.2 Å². The smallest absolute Gasteiger partial charge is 0.138 e. The van der Waals surface area contributed by atoms with Gasteiger partial charge in [-0.1, -0.05) is 6.92 Å². The molecule has 0 unspecified atom stereocenters. The largest absolute Gasteiger partial charge is 0.460 e. The summed E-state index contributed by atoms with van der Waals surface area (Å²) in [6.45, 7) is 3.39. The molecule has 1 aromatic heterocycles. The Hall–Kier alpha value is -1.20. The molecule has 18 heavy (non-hydrogen) atoms. The van der Waals surface area contributed by atoms with E-state index in [2.05, 4.69) is 21.2 Å². The summed E-state index contributed by atoms with van der Waals surface area (Å²) in [5.41, 5.74) is 0.235. The van der Waals surface area contributed by atoms with Crippen LogP contribution in [0.3, 0.4) is 0 Å². The van der Waals surface area contributed by atoms with E-state index < -0.39 is 11.6 Å². The summed E-state index contributed by atoms with van der Waals surface area (Å²) >= 11 is 3.14. The maximum absolute atomic E-state index is 13.7. The van der Waals surface area contributed by atoms with Crippen molar-refractivity contribution >= 4 is 15.9 Å². The van der Waals surface area contributed by atoms with Crippen molar-refractivity contribution in [1.82, 2.24) is 5.32 Å². The second-order valence-electron chi connectivity index (χ2n) is 3.79.